The number of rotatable bonds is 21. The van der Waals surface area contributed by atoms with Crippen LogP contribution in [0.4, 0.5) is 0 Å². The Hall–Kier alpha value is -4.35. The number of aromatic nitrogens is 2. The van der Waals surface area contributed by atoms with E-state index in [1.165, 1.54) is 130 Å². The van der Waals surface area contributed by atoms with Crippen LogP contribution < -0.4 is 9.47 Å². The quantitative estimate of drug-likeness (QED) is 0.0614. The van der Waals surface area contributed by atoms with Crippen molar-refractivity contribution in [1.82, 2.24) is 19.8 Å². The Morgan fingerprint density at radius 3 is 1.81 bits per heavy atom. The molecule has 0 amide bonds. The number of aromatic amines is 2. The molecule has 0 bridgehead atoms. The van der Waals surface area contributed by atoms with Crippen LogP contribution in [0.3, 0.4) is 0 Å². The highest BCUT2D eigenvalue weighted by atomic mass is 32.2. The van der Waals surface area contributed by atoms with Crippen LogP contribution in [0.1, 0.15) is 148 Å². The lowest BCUT2D eigenvalue weighted by atomic mass is 9.88. The van der Waals surface area contributed by atoms with Gasteiger partial charge in [0, 0.05) is 61.3 Å². The van der Waals surface area contributed by atoms with E-state index in [1.54, 1.807) is 11.8 Å². The van der Waals surface area contributed by atoms with Crippen molar-refractivity contribution in [2.45, 2.75) is 162 Å². The van der Waals surface area contributed by atoms with Gasteiger partial charge in [0.1, 0.15) is 11.5 Å². The first-order chi connectivity index (χ1) is 33.2. The van der Waals surface area contributed by atoms with E-state index in [9.17, 15) is 4.79 Å². The Labute approximate surface area is 416 Å². The van der Waals surface area contributed by atoms with Crippen molar-refractivity contribution in [3.8, 4) is 11.5 Å². The van der Waals surface area contributed by atoms with Crippen LogP contribution in [-0.4, -0.2) is 82.8 Å². The fraction of sp³-hybridized carbons (Fsp3) is 0.500. The fourth-order valence-corrected chi connectivity index (χ4v) is 11.2. The molecule has 0 spiro atoms. The summed E-state index contributed by atoms with van der Waals surface area (Å²) >= 11 is 3.62. The zero-order valence-electron chi connectivity index (χ0n) is 42.0. The molecule has 8 rings (SSSR count). The Kier molecular flexibility index (Phi) is 22.1. The van der Waals surface area contributed by atoms with Crippen LogP contribution in [0, 0.1) is 0 Å². The zero-order valence-corrected chi connectivity index (χ0v) is 43.6. The molecule has 10 heteroatoms. The Morgan fingerprint density at radius 2 is 1.24 bits per heavy atom. The summed E-state index contributed by atoms with van der Waals surface area (Å²) in [6.45, 7) is 21.0. The summed E-state index contributed by atoms with van der Waals surface area (Å²) in [5.41, 5.74) is 5.49. The van der Waals surface area contributed by atoms with Crippen molar-refractivity contribution >= 4 is 51.3 Å². The number of carbonyl (C=O) groups is 1. The number of carboxylic acids is 1. The number of piperidine rings is 2. The number of hydrogen-bond acceptors (Lipinski definition) is 7. The fourth-order valence-electron chi connectivity index (χ4n) is 9.39. The molecule has 0 radical (unpaired) electrons. The van der Waals surface area contributed by atoms with Crippen LogP contribution in [0.25, 0.3) is 21.8 Å². The van der Waals surface area contributed by atoms with Gasteiger partial charge in [-0.25, -0.2) is 0 Å². The van der Waals surface area contributed by atoms with E-state index in [0.717, 1.165) is 56.8 Å². The summed E-state index contributed by atoms with van der Waals surface area (Å²) in [6, 6.07) is 31.1. The number of aliphatic carboxylic acids is 1. The van der Waals surface area contributed by atoms with Gasteiger partial charge in [-0.2, -0.15) is 0 Å². The number of nitrogens with one attached hydrogen (secondary N) is 2. The van der Waals surface area contributed by atoms with Gasteiger partial charge in [0.05, 0.1) is 18.1 Å². The van der Waals surface area contributed by atoms with E-state index in [4.69, 9.17) is 14.6 Å². The Morgan fingerprint density at radius 1 is 0.662 bits per heavy atom. The lowest BCUT2D eigenvalue weighted by Crippen LogP contribution is -2.39. The van der Waals surface area contributed by atoms with Gasteiger partial charge in [0.25, 0.3) is 0 Å². The molecule has 368 valence electrons. The van der Waals surface area contributed by atoms with Gasteiger partial charge in [0.15, 0.2) is 0 Å². The molecule has 0 aliphatic carbocycles. The first-order valence-electron chi connectivity index (χ1n) is 25.9. The molecule has 2 aromatic heterocycles. The molecule has 2 aliphatic heterocycles. The van der Waals surface area contributed by atoms with Crippen LogP contribution >= 0.6 is 23.5 Å². The maximum Gasteiger partial charge on any atom is 0.303 e. The van der Waals surface area contributed by atoms with Gasteiger partial charge in [-0.15, -0.1) is 0 Å². The average molecular weight is 961 g/mol. The third kappa shape index (κ3) is 15.8. The van der Waals surface area contributed by atoms with Gasteiger partial charge in [-0.05, 0) is 193 Å². The number of benzene rings is 4. The molecule has 3 N–H and O–H groups in total. The largest absolute Gasteiger partial charge is 0.494 e. The monoisotopic (exact) mass is 961 g/mol. The number of H-pyrrole nitrogens is 2. The minimum Gasteiger partial charge on any atom is -0.494 e. The first-order valence-corrected chi connectivity index (χ1v) is 27.6. The Bertz CT molecular complexity index is 2380. The number of para-hydroxylation sites is 1. The molecule has 0 saturated carbocycles. The number of ether oxygens (including phenoxy) is 2. The summed E-state index contributed by atoms with van der Waals surface area (Å²) in [5.74, 6) is 2.59. The first kappa shape index (κ1) is 53.0. The normalized spacial score (nSPS) is 15.4. The molecule has 6 aromatic rings. The molecule has 1 atom stereocenters. The number of nitrogens with zero attached hydrogens (tertiary/aromatic N) is 2. The molecule has 4 heterocycles. The van der Waals surface area contributed by atoms with E-state index in [2.05, 4.69) is 153 Å². The standard InChI is InChI=1S/C26H34N2OS.C25H32N2OS.C7H14O2/c1-4-16-29-21-6-8-22(9-7-21)30-23-10-11-26-24(17-23)25(18-27-26)20-12-14-28(15-13-20)19(3)5-2;1-3-13-27-14-11-19(12-15-27)22-18-26-23-10-9-20(17-21(22)23)29-25-8-6-5-7-24(25)28-16-4-2;1-2-3-4-5-6-7(8)9/h6-11,17-20,27H,4-5,12-16H2,1-3H3;5-10,17-19,26H,3-4,11-16H2,1-2H3;2-6H2,1H3,(H,8,9). The highest BCUT2D eigenvalue weighted by Crippen LogP contribution is 2.40. The van der Waals surface area contributed by atoms with Crippen molar-refractivity contribution in [3.63, 3.8) is 0 Å². The smallest absolute Gasteiger partial charge is 0.303 e. The van der Waals surface area contributed by atoms with Gasteiger partial charge in [0.2, 0.25) is 0 Å². The summed E-state index contributed by atoms with van der Waals surface area (Å²) < 4.78 is 11.7. The lowest BCUT2D eigenvalue weighted by molar-refractivity contribution is -0.137. The maximum atomic E-state index is 9.96. The van der Waals surface area contributed by atoms with Crippen LogP contribution in [0.5, 0.6) is 11.5 Å². The molecular weight excluding hydrogens is 881 g/mol. The molecule has 8 nitrogen and oxygen atoms in total. The number of fused-ring (bicyclic) bond motifs is 2. The van der Waals surface area contributed by atoms with E-state index >= 15 is 0 Å². The SMILES string of the molecule is CCCCCCC(=O)O.CCCOc1ccc(Sc2ccc3[nH]cc(C4CCN(C(C)CC)CC4)c3c2)cc1.CCCOc1ccccc1Sc1ccc2[nH]cc(C3CCN(CCC)CC3)c2c1. The highest BCUT2D eigenvalue weighted by molar-refractivity contribution is 7.99. The minimum absolute atomic E-state index is 0.333. The third-order valence-electron chi connectivity index (χ3n) is 13.4. The molecule has 2 saturated heterocycles. The third-order valence-corrected chi connectivity index (χ3v) is 15.5. The molecular formula is C58H80N4O4S2. The van der Waals surface area contributed by atoms with Crippen LogP contribution in [0.2, 0.25) is 0 Å². The predicted octanol–water partition coefficient (Wildman–Crippen LogP) is 15.8. The van der Waals surface area contributed by atoms with Crippen molar-refractivity contribution in [2.24, 2.45) is 0 Å². The van der Waals surface area contributed by atoms with Crippen molar-refractivity contribution in [3.05, 3.63) is 108 Å². The zero-order chi connectivity index (χ0) is 48.1. The summed E-state index contributed by atoms with van der Waals surface area (Å²) in [6.07, 6.45) is 18.6. The second-order valence-electron chi connectivity index (χ2n) is 18.6. The number of carboxylic acid groups (broad SMARTS) is 1. The summed E-state index contributed by atoms with van der Waals surface area (Å²) in [5, 5.41) is 11.0. The predicted molar refractivity (Wildman–Crippen MR) is 288 cm³/mol. The molecule has 2 fully saturated rings. The van der Waals surface area contributed by atoms with Crippen molar-refractivity contribution in [2.75, 3.05) is 45.9 Å². The van der Waals surface area contributed by atoms with Gasteiger partial charge in [-0.1, -0.05) is 89.5 Å². The topological polar surface area (TPSA) is 93.8 Å². The molecule has 1 unspecified atom stereocenters. The van der Waals surface area contributed by atoms with Crippen LogP contribution in [0.15, 0.2) is 117 Å². The van der Waals surface area contributed by atoms with Crippen molar-refractivity contribution < 1.29 is 19.4 Å². The lowest BCUT2D eigenvalue weighted by Gasteiger charge is -2.35. The van der Waals surface area contributed by atoms with E-state index in [0.29, 0.717) is 24.3 Å². The van der Waals surface area contributed by atoms with Gasteiger partial charge < -0.3 is 34.3 Å². The van der Waals surface area contributed by atoms with Gasteiger partial charge in [-0.3, -0.25) is 4.79 Å². The summed E-state index contributed by atoms with van der Waals surface area (Å²) in [4.78, 5) is 27.2. The highest BCUT2D eigenvalue weighted by Gasteiger charge is 2.25. The maximum absolute atomic E-state index is 9.96. The van der Waals surface area contributed by atoms with E-state index in [1.807, 2.05) is 17.8 Å². The molecule has 68 heavy (non-hydrogen) atoms. The second kappa shape index (κ2) is 28.3. The number of unbranched alkanes of at least 4 members (excludes halogenated alkanes) is 3. The minimum atomic E-state index is -0.675. The van der Waals surface area contributed by atoms with E-state index in [-0.39, 0.29) is 0 Å². The number of hydrogen-bond donors (Lipinski definition) is 3. The van der Waals surface area contributed by atoms with Crippen LogP contribution in [-0.2, 0) is 4.79 Å². The second-order valence-corrected chi connectivity index (χ2v) is 20.9. The molecule has 4 aromatic carbocycles. The Balaban J connectivity index is 0.000000190. The summed E-state index contributed by atoms with van der Waals surface area (Å²) in [7, 11) is 0. The average Bonchev–Trinajstić information content (AvgIpc) is 3.99. The van der Waals surface area contributed by atoms with E-state index < -0.39 is 5.97 Å². The number of likely N-dealkylation sites (tertiary alicyclic amines) is 2. The van der Waals surface area contributed by atoms with Crippen molar-refractivity contribution in [1.29, 1.82) is 0 Å². The van der Waals surface area contributed by atoms with Gasteiger partial charge >= 0.3 is 5.97 Å². The molecule has 2 aliphatic rings.